The molecule has 0 spiro atoms. The Bertz CT molecular complexity index is 324. The van der Waals surface area contributed by atoms with Crippen molar-refractivity contribution >= 4 is 15.9 Å². The van der Waals surface area contributed by atoms with Crippen LogP contribution in [0.4, 0.5) is 0 Å². The Labute approximate surface area is 106 Å². The van der Waals surface area contributed by atoms with Crippen LogP contribution in [0.15, 0.2) is 16.9 Å². The fraction of sp³-hybridized carbons (Fsp3) is 0.750. The van der Waals surface area contributed by atoms with Gasteiger partial charge in [-0.1, -0.05) is 19.8 Å². The summed E-state index contributed by atoms with van der Waals surface area (Å²) in [5.74, 6) is 0.832. The quantitative estimate of drug-likeness (QED) is 0.922. The summed E-state index contributed by atoms with van der Waals surface area (Å²) >= 11 is 3.41. The highest BCUT2D eigenvalue weighted by molar-refractivity contribution is 9.10. The Morgan fingerprint density at radius 2 is 2.31 bits per heavy atom. The standard InChI is InChI=1S/C12H20BrN3/c1-10-4-2-3-5-12(10)14-6-7-16-9-11(13)8-15-16/h8-10,12,14H,2-7H2,1H3. The van der Waals surface area contributed by atoms with Crippen LogP contribution in [-0.2, 0) is 6.54 Å². The van der Waals surface area contributed by atoms with Crippen molar-refractivity contribution in [1.29, 1.82) is 0 Å². The summed E-state index contributed by atoms with van der Waals surface area (Å²) in [6.07, 6.45) is 9.37. The minimum absolute atomic E-state index is 0.716. The van der Waals surface area contributed by atoms with E-state index in [0.717, 1.165) is 23.5 Å². The van der Waals surface area contributed by atoms with E-state index in [-0.39, 0.29) is 0 Å². The highest BCUT2D eigenvalue weighted by Crippen LogP contribution is 2.23. The van der Waals surface area contributed by atoms with Gasteiger partial charge in [-0.3, -0.25) is 4.68 Å². The third-order valence-corrected chi connectivity index (χ3v) is 3.87. The van der Waals surface area contributed by atoms with Gasteiger partial charge >= 0.3 is 0 Å². The van der Waals surface area contributed by atoms with Crippen LogP contribution in [0.1, 0.15) is 32.6 Å². The van der Waals surface area contributed by atoms with Crippen LogP contribution in [0.25, 0.3) is 0 Å². The van der Waals surface area contributed by atoms with E-state index in [4.69, 9.17) is 0 Å². The number of aromatic nitrogens is 2. The molecule has 0 aromatic carbocycles. The van der Waals surface area contributed by atoms with E-state index in [1.165, 1.54) is 25.7 Å². The van der Waals surface area contributed by atoms with E-state index in [0.29, 0.717) is 6.04 Å². The van der Waals surface area contributed by atoms with E-state index in [9.17, 15) is 0 Å². The molecule has 0 bridgehead atoms. The van der Waals surface area contributed by atoms with Crippen LogP contribution in [0.3, 0.4) is 0 Å². The van der Waals surface area contributed by atoms with E-state index in [2.05, 4.69) is 33.3 Å². The molecule has 2 atom stereocenters. The number of rotatable bonds is 4. The number of nitrogens with zero attached hydrogens (tertiary/aromatic N) is 2. The van der Waals surface area contributed by atoms with E-state index in [1.54, 1.807) is 0 Å². The average Bonchev–Trinajstić information content (AvgIpc) is 2.67. The molecule has 4 heteroatoms. The summed E-state index contributed by atoms with van der Waals surface area (Å²) in [4.78, 5) is 0. The summed E-state index contributed by atoms with van der Waals surface area (Å²) in [6, 6.07) is 0.716. The molecule has 1 aromatic rings. The smallest absolute Gasteiger partial charge is 0.0632 e. The molecule has 0 amide bonds. The third kappa shape index (κ3) is 3.32. The maximum atomic E-state index is 4.25. The molecule has 1 aliphatic carbocycles. The van der Waals surface area contributed by atoms with Gasteiger partial charge in [-0.2, -0.15) is 5.10 Å². The SMILES string of the molecule is CC1CCCCC1NCCn1cc(Br)cn1. The van der Waals surface area contributed by atoms with Gasteiger partial charge in [0.2, 0.25) is 0 Å². The predicted molar refractivity (Wildman–Crippen MR) is 69.3 cm³/mol. The number of halogens is 1. The fourth-order valence-electron chi connectivity index (χ4n) is 2.44. The second-order valence-electron chi connectivity index (χ2n) is 4.74. The first-order valence-electron chi connectivity index (χ1n) is 6.17. The van der Waals surface area contributed by atoms with Crippen molar-refractivity contribution in [2.45, 2.75) is 45.2 Å². The molecule has 1 N–H and O–H groups in total. The minimum atomic E-state index is 0.716. The van der Waals surface area contributed by atoms with Gasteiger partial charge < -0.3 is 5.32 Å². The van der Waals surface area contributed by atoms with Gasteiger partial charge in [-0.05, 0) is 34.7 Å². The van der Waals surface area contributed by atoms with Crippen LogP contribution < -0.4 is 5.32 Å². The highest BCUT2D eigenvalue weighted by Gasteiger charge is 2.19. The molecule has 1 heterocycles. The van der Waals surface area contributed by atoms with Gasteiger partial charge in [0.1, 0.15) is 0 Å². The molecule has 0 aliphatic heterocycles. The Hall–Kier alpha value is -0.350. The predicted octanol–water partition coefficient (Wildman–Crippen LogP) is 2.81. The zero-order chi connectivity index (χ0) is 11.4. The van der Waals surface area contributed by atoms with Crippen molar-refractivity contribution in [2.75, 3.05) is 6.54 Å². The van der Waals surface area contributed by atoms with E-state index >= 15 is 0 Å². The summed E-state index contributed by atoms with van der Waals surface area (Å²) in [5, 5.41) is 7.90. The summed E-state index contributed by atoms with van der Waals surface area (Å²) in [7, 11) is 0. The van der Waals surface area contributed by atoms with Gasteiger partial charge in [-0.25, -0.2) is 0 Å². The van der Waals surface area contributed by atoms with Crippen molar-refractivity contribution in [3.8, 4) is 0 Å². The van der Waals surface area contributed by atoms with E-state index in [1.807, 2.05) is 17.1 Å². The molecule has 2 rings (SSSR count). The lowest BCUT2D eigenvalue weighted by molar-refractivity contribution is 0.277. The first-order valence-corrected chi connectivity index (χ1v) is 6.96. The van der Waals surface area contributed by atoms with Gasteiger partial charge in [0.25, 0.3) is 0 Å². The summed E-state index contributed by atoms with van der Waals surface area (Å²) in [5.41, 5.74) is 0. The highest BCUT2D eigenvalue weighted by atomic mass is 79.9. The molecule has 1 aromatic heterocycles. The summed E-state index contributed by atoms with van der Waals surface area (Å²) in [6.45, 7) is 4.33. The zero-order valence-corrected chi connectivity index (χ0v) is 11.4. The number of hydrogen-bond acceptors (Lipinski definition) is 2. The number of hydrogen-bond donors (Lipinski definition) is 1. The second-order valence-corrected chi connectivity index (χ2v) is 5.66. The zero-order valence-electron chi connectivity index (χ0n) is 9.82. The maximum absolute atomic E-state index is 4.25. The average molecular weight is 286 g/mol. The molecule has 1 saturated carbocycles. The van der Waals surface area contributed by atoms with Gasteiger partial charge in [0.05, 0.1) is 17.2 Å². The lowest BCUT2D eigenvalue weighted by Crippen LogP contribution is -2.38. The first-order chi connectivity index (χ1) is 7.75. The van der Waals surface area contributed by atoms with Gasteiger partial charge in [-0.15, -0.1) is 0 Å². The Balaban J connectivity index is 1.71. The largest absolute Gasteiger partial charge is 0.312 e. The van der Waals surface area contributed by atoms with Gasteiger partial charge in [0.15, 0.2) is 0 Å². The summed E-state index contributed by atoms with van der Waals surface area (Å²) < 4.78 is 3.03. The molecule has 90 valence electrons. The van der Waals surface area contributed by atoms with Crippen molar-refractivity contribution in [3.63, 3.8) is 0 Å². The lowest BCUT2D eigenvalue weighted by atomic mass is 9.86. The van der Waals surface area contributed by atoms with Crippen LogP contribution in [-0.4, -0.2) is 22.4 Å². The Morgan fingerprint density at radius 3 is 3.00 bits per heavy atom. The molecule has 1 aliphatic rings. The second kappa shape index (κ2) is 5.82. The third-order valence-electron chi connectivity index (χ3n) is 3.46. The first kappa shape index (κ1) is 12.1. The van der Waals surface area contributed by atoms with Crippen molar-refractivity contribution in [2.24, 2.45) is 5.92 Å². The lowest BCUT2D eigenvalue weighted by Gasteiger charge is -2.29. The van der Waals surface area contributed by atoms with E-state index < -0.39 is 0 Å². The van der Waals surface area contributed by atoms with Crippen LogP contribution >= 0.6 is 15.9 Å². The van der Waals surface area contributed by atoms with Crippen molar-refractivity contribution in [3.05, 3.63) is 16.9 Å². The van der Waals surface area contributed by atoms with Crippen molar-refractivity contribution < 1.29 is 0 Å². The molecule has 3 nitrogen and oxygen atoms in total. The molecule has 2 unspecified atom stereocenters. The number of nitrogens with one attached hydrogen (secondary N) is 1. The fourth-order valence-corrected chi connectivity index (χ4v) is 2.77. The maximum Gasteiger partial charge on any atom is 0.0632 e. The Morgan fingerprint density at radius 1 is 1.50 bits per heavy atom. The topological polar surface area (TPSA) is 29.9 Å². The molecular weight excluding hydrogens is 266 g/mol. The van der Waals surface area contributed by atoms with Crippen LogP contribution in [0.5, 0.6) is 0 Å². The van der Waals surface area contributed by atoms with Gasteiger partial charge in [0, 0.05) is 18.8 Å². The molecule has 16 heavy (non-hydrogen) atoms. The molecule has 0 saturated heterocycles. The molecule has 0 radical (unpaired) electrons. The van der Waals surface area contributed by atoms with Crippen LogP contribution in [0, 0.1) is 5.92 Å². The van der Waals surface area contributed by atoms with Crippen molar-refractivity contribution in [1.82, 2.24) is 15.1 Å². The molecule has 1 fully saturated rings. The minimum Gasteiger partial charge on any atom is -0.312 e. The molecular formula is C12H20BrN3. The van der Waals surface area contributed by atoms with Crippen LogP contribution in [0.2, 0.25) is 0 Å². The normalized spacial score (nSPS) is 25.9. The monoisotopic (exact) mass is 285 g/mol. The Kier molecular flexibility index (Phi) is 4.41.